The van der Waals surface area contributed by atoms with E-state index in [0.29, 0.717) is 43.9 Å². The third kappa shape index (κ3) is 11.8. The molecule has 4 rings (SSSR count). The van der Waals surface area contributed by atoms with Crippen LogP contribution in [0.1, 0.15) is 55.8 Å². The Labute approximate surface area is 304 Å². The van der Waals surface area contributed by atoms with Gasteiger partial charge in [0, 0.05) is 77.4 Å². The van der Waals surface area contributed by atoms with Crippen molar-refractivity contribution >= 4 is 17.8 Å². The number of amides is 1. The lowest BCUT2D eigenvalue weighted by Gasteiger charge is -2.38. The van der Waals surface area contributed by atoms with Gasteiger partial charge in [0.15, 0.2) is 12.1 Å². The number of aliphatic imine (C=N–C) groups is 1. The van der Waals surface area contributed by atoms with E-state index in [1.165, 1.54) is 5.56 Å². The Morgan fingerprint density at radius 1 is 0.942 bits per heavy atom. The van der Waals surface area contributed by atoms with Crippen molar-refractivity contribution in [3.8, 4) is 16.9 Å². The molecule has 13 heteroatoms. The second-order valence-corrected chi connectivity index (χ2v) is 12.7. The third-order valence-electron chi connectivity index (χ3n) is 9.01. The van der Waals surface area contributed by atoms with Crippen LogP contribution in [0.3, 0.4) is 0 Å². The summed E-state index contributed by atoms with van der Waals surface area (Å²) in [5, 5.41) is 2.31. The smallest absolute Gasteiger partial charge is 0.490 e. The van der Waals surface area contributed by atoms with Gasteiger partial charge in [-0.2, -0.15) is 13.2 Å². The Morgan fingerprint density at radius 3 is 2.25 bits per heavy atom. The number of methoxy groups -OCH3 is 1. The first kappa shape index (κ1) is 40.3. The number of nitrogens with one attached hydrogen (secondary N) is 1. The fourth-order valence-corrected chi connectivity index (χ4v) is 6.10. The van der Waals surface area contributed by atoms with E-state index >= 15 is 0 Å². The molecule has 1 aliphatic rings. The number of carbonyl (C=O) groups is 2. The summed E-state index contributed by atoms with van der Waals surface area (Å²) < 4.78 is 56.8. The molecule has 0 aliphatic carbocycles. The highest BCUT2D eigenvalue weighted by atomic mass is 19.4. The van der Waals surface area contributed by atoms with E-state index in [-0.39, 0.29) is 18.6 Å². The number of unbranched alkanes of at least 4 members (excludes halogenated alkanes) is 1. The molecule has 2 unspecified atom stereocenters. The number of hydrogen-bond donors (Lipinski definition) is 2. The Bertz CT molecular complexity index is 1600. The number of hydrogen-bond acceptors (Lipinski definition) is 8. The quantitative estimate of drug-likeness (QED) is 0.0766. The monoisotopic (exact) mass is 725 g/mol. The molecule has 0 radical (unpaired) electrons. The van der Waals surface area contributed by atoms with Crippen LogP contribution < -0.4 is 15.8 Å². The molecule has 0 saturated carbocycles. The first-order chi connectivity index (χ1) is 25.0. The molecule has 1 aliphatic heterocycles. The molecule has 1 saturated heterocycles. The predicted molar refractivity (Wildman–Crippen MR) is 195 cm³/mol. The van der Waals surface area contributed by atoms with Gasteiger partial charge < -0.3 is 19.9 Å². The van der Waals surface area contributed by atoms with Crippen molar-refractivity contribution in [3.05, 3.63) is 89.5 Å². The summed E-state index contributed by atoms with van der Waals surface area (Å²) in [4.78, 5) is 34.3. The molecule has 1 heterocycles. The van der Waals surface area contributed by atoms with Crippen LogP contribution >= 0.6 is 0 Å². The number of ether oxygens (including phenoxy) is 3. The zero-order chi connectivity index (χ0) is 37.5. The minimum Gasteiger partial charge on any atom is -0.493 e. The van der Waals surface area contributed by atoms with E-state index in [4.69, 9.17) is 19.9 Å². The van der Waals surface area contributed by atoms with Crippen LogP contribution in [0.2, 0.25) is 0 Å². The second kappa shape index (κ2) is 20.0. The number of esters is 1. The lowest BCUT2D eigenvalue weighted by Crippen LogP contribution is -2.47. The largest absolute Gasteiger partial charge is 0.493 e. The molecule has 282 valence electrons. The summed E-state index contributed by atoms with van der Waals surface area (Å²) in [5.74, 6) is -3.37. The molecular formula is C39H50F3N5O5. The third-order valence-corrected chi connectivity index (χ3v) is 9.01. The summed E-state index contributed by atoms with van der Waals surface area (Å²) in [6.07, 6.45) is -5.54. The lowest BCUT2D eigenvalue weighted by atomic mass is 9.93. The van der Waals surface area contributed by atoms with Gasteiger partial charge in [0.05, 0.1) is 6.61 Å². The van der Waals surface area contributed by atoms with Crippen molar-refractivity contribution < 1.29 is 37.0 Å². The number of nitrogens with two attached hydrogens (primary N) is 1. The van der Waals surface area contributed by atoms with Crippen LogP contribution in [0.4, 0.5) is 13.2 Å². The van der Waals surface area contributed by atoms with Crippen molar-refractivity contribution in [1.82, 2.24) is 15.1 Å². The summed E-state index contributed by atoms with van der Waals surface area (Å²) >= 11 is 0. The fourth-order valence-electron chi connectivity index (χ4n) is 6.10. The van der Waals surface area contributed by atoms with Gasteiger partial charge >= 0.3 is 12.1 Å². The maximum atomic E-state index is 13.4. The number of alkyl halides is 3. The van der Waals surface area contributed by atoms with Crippen LogP contribution in [-0.2, 0) is 32.0 Å². The Balaban J connectivity index is 1.69. The molecule has 3 aromatic carbocycles. The number of rotatable bonds is 17. The molecule has 52 heavy (non-hydrogen) atoms. The van der Waals surface area contributed by atoms with Gasteiger partial charge in [-0.1, -0.05) is 86.1 Å². The molecule has 1 fully saturated rings. The minimum absolute atomic E-state index is 0.241. The number of benzene rings is 3. The average Bonchev–Trinajstić information content (AvgIpc) is 3.14. The highest BCUT2D eigenvalue weighted by Gasteiger charge is 2.43. The van der Waals surface area contributed by atoms with Crippen molar-refractivity contribution in [3.63, 3.8) is 0 Å². The molecule has 0 bridgehead atoms. The Morgan fingerprint density at radius 2 is 1.62 bits per heavy atom. The number of halogens is 3. The van der Waals surface area contributed by atoms with Crippen LogP contribution in [0.5, 0.6) is 5.75 Å². The molecule has 3 N–H and O–H groups in total. The summed E-state index contributed by atoms with van der Waals surface area (Å²) in [7, 11) is 1.58. The summed E-state index contributed by atoms with van der Waals surface area (Å²) in [5.41, 5.74) is 10.1. The van der Waals surface area contributed by atoms with Gasteiger partial charge in [0.2, 0.25) is 0 Å². The van der Waals surface area contributed by atoms with Crippen LogP contribution in [0.25, 0.3) is 11.1 Å². The molecule has 3 aromatic rings. The van der Waals surface area contributed by atoms with Crippen molar-refractivity contribution in [2.45, 2.75) is 64.4 Å². The predicted octanol–water partition coefficient (Wildman–Crippen LogP) is 5.90. The highest BCUT2D eigenvalue weighted by molar-refractivity contribution is 5.99. The molecule has 0 aromatic heterocycles. The van der Waals surface area contributed by atoms with Gasteiger partial charge in [-0.15, -0.1) is 0 Å². The maximum Gasteiger partial charge on any atom is 0.490 e. The van der Waals surface area contributed by atoms with Crippen LogP contribution in [0, 0.1) is 0 Å². The molecule has 0 spiro atoms. The van der Waals surface area contributed by atoms with E-state index < -0.39 is 30.6 Å². The zero-order valence-electron chi connectivity index (χ0n) is 30.2. The zero-order valence-corrected chi connectivity index (χ0v) is 30.2. The SMILES string of the molecule is CCCCN=C(N)NC(=O)C(Cc1ccc(-c2ccccc2)c(CN2CCN(C(C)c3ccccc3)CC2)c1OCCCOC)OC(=O)C(F)(F)F. The Kier molecular flexibility index (Phi) is 15.5. The van der Waals surface area contributed by atoms with Crippen molar-refractivity contribution in [1.29, 1.82) is 0 Å². The van der Waals surface area contributed by atoms with Gasteiger partial charge in [0.1, 0.15) is 5.75 Å². The van der Waals surface area contributed by atoms with Gasteiger partial charge in [-0.3, -0.25) is 24.9 Å². The van der Waals surface area contributed by atoms with Crippen molar-refractivity contribution in [2.24, 2.45) is 10.7 Å². The number of nitrogens with zero attached hydrogens (tertiary/aromatic N) is 3. The van der Waals surface area contributed by atoms with Gasteiger partial charge in [-0.25, -0.2) is 4.79 Å². The number of guanidine groups is 1. The normalized spacial score (nSPS) is 15.5. The summed E-state index contributed by atoms with van der Waals surface area (Å²) in [6, 6.07) is 23.9. The minimum atomic E-state index is -5.32. The Hall–Kier alpha value is -4.46. The van der Waals surface area contributed by atoms with Crippen molar-refractivity contribution in [2.75, 3.05) is 53.0 Å². The lowest BCUT2D eigenvalue weighted by molar-refractivity contribution is -0.205. The highest BCUT2D eigenvalue weighted by Crippen LogP contribution is 2.37. The van der Waals surface area contributed by atoms with E-state index in [1.807, 2.05) is 61.5 Å². The van der Waals surface area contributed by atoms with E-state index in [9.17, 15) is 22.8 Å². The molecule has 10 nitrogen and oxygen atoms in total. The second-order valence-electron chi connectivity index (χ2n) is 12.7. The van der Waals surface area contributed by atoms with Crippen LogP contribution in [-0.4, -0.2) is 93.0 Å². The van der Waals surface area contributed by atoms with Gasteiger partial charge in [0.25, 0.3) is 5.91 Å². The molecule has 1 amide bonds. The van der Waals surface area contributed by atoms with E-state index in [0.717, 1.165) is 49.3 Å². The number of carbonyl (C=O) groups excluding carboxylic acids is 2. The van der Waals surface area contributed by atoms with Crippen LogP contribution in [0.15, 0.2) is 77.8 Å². The van der Waals surface area contributed by atoms with E-state index in [2.05, 4.69) is 39.2 Å². The maximum absolute atomic E-state index is 13.4. The van der Waals surface area contributed by atoms with E-state index in [1.54, 1.807) is 13.2 Å². The van der Waals surface area contributed by atoms with Gasteiger partial charge in [-0.05, 0) is 35.6 Å². The topological polar surface area (TPSA) is 119 Å². The first-order valence-corrected chi connectivity index (χ1v) is 17.7. The summed E-state index contributed by atoms with van der Waals surface area (Å²) in [6.45, 7) is 8.81. The molecule has 2 atom stereocenters. The molecular weight excluding hydrogens is 675 g/mol. The fraction of sp³-hybridized carbons (Fsp3) is 0.462. The number of piperazine rings is 1. The average molecular weight is 726 g/mol. The standard InChI is InChI=1S/C39H50F3N5O5/c1-4-5-19-44-38(43)45-36(48)34(52-37(49)39(40,41)42)26-31-17-18-32(30-15-10-7-11-16-30)33(35(31)51-25-12-24-50-3)27-46-20-22-47(23-21-46)28(2)29-13-8-6-9-14-29/h6-11,13-18,28,34H,4-5,12,19-27H2,1-3H3,(H3,43,44,45,48). The first-order valence-electron chi connectivity index (χ1n) is 17.7.